The van der Waals surface area contributed by atoms with Gasteiger partial charge in [-0.3, -0.25) is 14.9 Å². The molecule has 0 aromatic heterocycles. The summed E-state index contributed by atoms with van der Waals surface area (Å²) < 4.78 is 10.0. The summed E-state index contributed by atoms with van der Waals surface area (Å²) in [5, 5.41) is 28.0. The maximum Gasteiger partial charge on any atom is 0.319 e. The molecule has 1 aromatic carbocycles. The molecular weight excluding hydrogens is 346 g/mol. The highest BCUT2D eigenvalue weighted by molar-refractivity contribution is 5.85. The SMILES string of the molecule is C=C1NC(=O)N[C@@H](c2cc(OC)c([O-])c([N+](=O)[O-])c2)[C@H]1C(=O)OCCC. The van der Waals surface area contributed by atoms with Crippen LogP contribution in [-0.2, 0) is 9.53 Å². The Morgan fingerprint density at radius 1 is 1.42 bits per heavy atom. The van der Waals surface area contributed by atoms with Gasteiger partial charge in [0.15, 0.2) is 0 Å². The van der Waals surface area contributed by atoms with Gasteiger partial charge in [0.2, 0.25) is 0 Å². The van der Waals surface area contributed by atoms with Crippen LogP contribution >= 0.6 is 0 Å². The third-order valence-corrected chi connectivity index (χ3v) is 3.81. The second-order valence-corrected chi connectivity index (χ2v) is 5.58. The van der Waals surface area contributed by atoms with Crippen molar-refractivity contribution < 1.29 is 29.1 Å². The third-order valence-electron chi connectivity index (χ3n) is 3.81. The fourth-order valence-corrected chi connectivity index (χ4v) is 2.61. The highest BCUT2D eigenvalue weighted by Crippen LogP contribution is 2.39. The number of hydrogen-bond donors (Lipinski definition) is 2. The van der Waals surface area contributed by atoms with E-state index in [1.165, 1.54) is 13.2 Å². The van der Waals surface area contributed by atoms with Crippen LogP contribution < -0.4 is 20.5 Å². The maximum absolute atomic E-state index is 12.4. The standard InChI is InChI=1S/C16H19N3O7/c1-4-5-26-15(21)12-8(2)17-16(22)18-13(12)9-6-10(19(23)24)14(20)11(7-9)25-3/h6-7,12-13,20H,2,4-5H2,1,3H3,(H2,17,18,22)/p-1/t12-,13-/m0/s1. The first-order chi connectivity index (χ1) is 12.3. The summed E-state index contributed by atoms with van der Waals surface area (Å²) >= 11 is 0. The molecule has 1 fully saturated rings. The van der Waals surface area contributed by atoms with E-state index in [2.05, 4.69) is 17.2 Å². The van der Waals surface area contributed by atoms with E-state index in [0.29, 0.717) is 6.42 Å². The highest BCUT2D eigenvalue weighted by Gasteiger charge is 2.39. The molecule has 1 saturated heterocycles. The van der Waals surface area contributed by atoms with Crippen LogP contribution in [0.5, 0.6) is 11.5 Å². The summed E-state index contributed by atoms with van der Waals surface area (Å²) in [7, 11) is 1.19. The summed E-state index contributed by atoms with van der Waals surface area (Å²) in [6, 6.07) is 0.620. The molecule has 2 amide bonds. The summed E-state index contributed by atoms with van der Waals surface area (Å²) in [6.45, 7) is 5.66. The van der Waals surface area contributed by atoms with E-state index in [1.54, 1.807) is 0 Å². The molecule has 0 bridgehead atoms. The zero-order valence-electron chi connectivity index (χ0n) is 14.2. The van der Waals surface area contributed by atoms with Crippen molar-refractivity contribution in [2.45, 2.75) is 19.4 Å². The Kier molecular flexibility index (Phi) is 5.65. The molecule has 0 spiro atoms. The molecule has 1 heterocycles. The Hall–Kier alpha value is -3.30. The minimum atomic E-state index is -1.03. The molecular formula is C16H18N3O7-. The molecule has 140 valence electrons. The van der Waals surface area contributed by atoms with E-state index in [4.69, 9.17) is 9.47 Å². The molecule has 0 aliphatic carbocycles. The van der Waals surface area contributed by atoms with E-state index >= 15 is 0 Å². The highest BCUT2D eigenvalue weighted by atomic mass is 16.6. The van der Waals surface area contributed by atoms with Gasteiger partial charge in [-0.15, -0.1) is 0 Å². The first kappa shape index (κ1) is 19.0. The van der Waals surface area contributed by atoms with Gasteiger partial charge < -0.3 is 25.2 Å². The smallest absolute Gasteiger partial charge is 0.319 e. The van der Waals surface area contributed by atoms with Crippen LogP contribution in [0.1, 0.15) is 24.9 Å². The van der Waals surface area contributed by atoms with Crippen molar-refractivity contribution in [3.8, 4) is 11.5 Å². The fourth-order valence-electron chi connectivity index (χ4n) is 2.61. The number of esters is 1. The van der Waals surface area contributed by atoms with Crippen LogP contribution in [0.15, 0.2) is 24.4 Å². The number of nitro benzene ring substituents is 1. The first-order valence-electron chi connectivity index (χ1n) is 7.76. The van der Waals surface area contributed by atoms with Gasteiger partial charge in [0, 0.05) is 17.5 Å². The summed E-state index contributed by atoms with van der Waals surface area (Å²) in [5.41, 5.74) is -0.478. The van der Waals surface area contributed by atoms with E-state index in [0.717, 1.165) is 6.07 Å². The predicted molar refractivity (Wildman–Crippen MR) is 87.4 cm³/mol. The lowest BCUT2D eigenvalue weighted by Gasteiger charge is -2.33. The molecule has 10 heteroatoms. The van der Waals surface area contributed by atoms with Crippen LogP contribution in [0.2, 0.25) is 0 Å². The molecule has 0 radical (unpaired) electrons. The minimum absolute atomic E-state index is 0.0904. The van der Waals surface area contributed by atoms with E-state index in [9.17, 15) is 24.8 Å². The lowest BCUT2D eigenvalue weighted by Crippen LogP contribution is -2.51. The van der Waals surface area contributed by atoms with Crippen molar-refractivity contribution in [3.05, 3.63) is 40.1 Å². The first-order valence-corrected chi connectivity index (χ1v) is 7.76. The van der Waals surface area contributed by atoms with Crippen LogP contribution in [0.4, 0.5) is 10.5 Å². The quantitative estimate of drug-likeness (QED) is 0.437. The van der Waals surface area contributed by atoms with Gasteiger partial charge in [-0.2, -0.15) is 0 Å². The molecule has 10 nitrogen and oxygen atoms in total. The number of urea groups is 1. The Bertz CT molecular complexity index is 762. The van der Waals surface area contributed by atoms with Crippen molar-refractivity contribution in [1.82, 2.24) is 10.6 Å². The Balaban J connectivity index is 2.52. The van der Waals surface area contributed by atoms with Gasteiger partial charge >= 0.3 is 12.0 Å². The monoisotopic (exact) mass is 364 g/mol. The third kappa shape index (κ3) is 3.68. The topological polar surface area (TPSA) is 143 Å². The van der Waals surface area contributed by atoms with Crippen molar-refractivity contribution in [2.75, 3.05) is 13.7 Å². The van der Waals surface area contributed by atoms with Crippen LogP contribution in [0, 0.1) is 16.0 Å². The Morgan fingerprint density at radius 3 is 2.69 bits per heavy atom. The second kappa shape index (κ2) is 7.72. The van der Waals surface area contributed by atoms with Gasteiger partial charge in [-0.05, 0) is 18.1 Å². The van der Waals surface area contributed by atoms with Crippen molar-refractivity contribution in [2.24, 2.45) is 5.92 Å². The van der Waals surface area contributed by atoms with Crippen molar-refractivity contribution in [1.29, 1.82) is 0 Å². The lowest BCUT2D eigenvalue weighted by molar-refractivity contribution is -0.398. The largest absolute Gasteiger partial charge is 0.865 e. The minimum Gasteiger partial charge on any atom is -0.865 e. The molecule has 1 aliphatic rings. The van der Waals surface area contributed by atoms with Gasteiger partial charge in [0.1, 0.15) is 11.7 Å². The number of carbonyl (C=O) groups excluding carboxylic acids is 2. The van der Waals surface area contributed by atoms with Crippen LogP contribution in [0.25, 0.3) is 0 Å². The second-order valence-electron chi connectivity index (χ2n) is 5.58. The Labute approximate surface area is 148 Å². The number of nitrogens with one attached hydrogen (secondary N) is 2. The molecule has 1 aliphatic heterocycles. The maximum atomic E-state index is 12.4. The zero-order chi connectivity index (χ0) is 19.4. The molecule has 2 rings (SSSR count). The normalized spacial score (nSPS) is 19.3. The van der Waals surface area contributed by atoms with Gasteiger partial charge in [-0.1, -0.05) is 13.5 Å². The lowest BCUT2D eigenvalue weighted by atomic mass is 9.88. The van der Waals surface area contributed by atoms with Gasteiger partial charge in [-0.25, -0.2) is 4.79 Å². The molecule has 0 unspecified atom stereocenters. The van der Waals surface area contributed by atoms with E-state index < -0.39 is 40.3 Å². The van der Waals surface area contributed by atoms with Gasteiger partial charge in [0.05, 0.1) is 24.7 Å². The molecule has 26 heavy (non-hydrogen) atoms. The number of rotatable bonds is 6. The van der Waals surface area contributed by atoms with Crippen LogP contribution in [0.3, 0.4) is 0 Å². The number of benzene rings is 1. The van der Waals surface area contributed by atoms with E-state index in [-0.39, 0.29) is 23.6 Å². The van der Waals surface area contributed by atoms with Crippen molar-refractivity contribution >= 4 is 17.7 Å². The van der Waals surface area contributed by atoms with E-state index in [1.807, 2.05) is 6.92 Å². The van der Waals surface area contributed by atoms with Crippen molar-refractivity contribution in [3.63, 3.8) is 0 Å². The zero-order valence-corrected chi connectivity index (χ0v) is 14.2. The summed E-state index contributed by atoms with van der Waals surface area (Å²) in [6.07, 6.45) is 0.597. The number of methoxy groups -OCH3 is 1. The fraction of sp³-hybridized carbons (Fsp3) is 0.375. The predicted octanol–water partition coefficient (Wildman–Crippen LogP) is 1.11. The number of nitrogens with zero attached hydrogens (tertiary/aromatic N) is 1. The molecule has 0 saturated carbocycles. The average Bonchev–Trinajstić information content (AvgIpc) is 2.58. The Morgan fingerprint density at radius 2 is 2.12 bits per heavy atom. The number of ether oxygens (including phenoxy) is 2. The number of carbonyl (C=O) groups is 2. The molecule has 2 atom stereocenters. The number of hydrogen-bond acceptors (Lipinski definition) is 7. The van der Waals surface area contributed by atoms with Crippen LogP contribution in [-0.4, -0.2) is 30.6 Å². The van der Waals surface area contributed by atoms with Gasteiger partial charge in [0.25, 0.3) is 5.69 Å². The average molecular weight is 364 g/mol. The molecule has 1 aromatic rings. The summed E-state index contributed by atoms with van der Waals surface area (Å²) in [4.78, 5) is 34.5. The number of nitro groups is 1. The molecule has 2 N–H and O–H groups in total. The summed E-state index contributed by atoms with van der Waals surface area (Å²) in [5.74, 6) is -2.85. The number of amides is 2.